The van der Waals surface area contributed by atoms with E-state index < -0.39 is 5.79 Å². The molecule has 0 bridgehead atoms. The molecular weight excluding hydrogens is 327 g/mol. The molecule has 0 N–H and O–H groups in total. The van der Waals surface area contributed by atoms with Gasteiger partial charge in [0.25, 0.3) is 0 Å². The maximum absolute atomic E-state index is 6.20. The Balaban J connectivity index is 2.35. The molecule has 0 radical (unpaired) electrons. The number of alkyl halides is 1. The van der Waals surface area contributed by atoms with Crippen LogP contribution in [-0.2, 0) is 15.3 Å². The number of benzene rings is 1. The molecule has 0 saturated carbocycles. The van der Waals surface area contributed by atoms with Crippen molar-refractivity contribution in [2.24, 2.45) is 0 Å². The molecule has 0 unspecified atom stereocenters. The third kappa shape index (κ3) is 2.64. The molecule has 1 saturated heterocycles. The van der Waals surface area contributed by atoms with Gasteiger partial charge in [0.05, 0.1) is 23.1 Å². The van der Waals surface area contributed by atoms with Gasteiger partial charge in [-0.1, -0.05) is 52.1 Å². The van der Waals surface area contributed by atoms with Crippen molar-refractivity contribution in [2.45, 2.75) is 25.2 Å². The van der Waals surface area contributed by atoms with Crippen molar-refractivity contribution in [3.63, 3.8) is 0 Å². The largest absolute Gasteiger partial charge is 0.342 e. The van der Waals surface area contributed by atoms with Crippen LogP contribution in [0, 0.1) is 0 Å². The molecule has 1 aromatic rings. The summed E-state index contributed by atoms with van der Waals surface area (Å²) in [6.45, 7) is 2.66. The minimum Gasteiger partial charge on any atom is -0.342 e. The maximum atomic E-state index is 6.20. The topological polar surface area (TPSA) is 18.5 Å². The highest BCUT2D eigenvalue weighted by molar-refractivity contribution is 9.09. The average molecular weight is 340 g/mol. The molecule has 1 heterocycles. The molecule has 0 aromatic heterocycles. The van der Waals surface area contributed by atoms with Crippen molar-refractivity contribution in [3.8, 4) is 0 Å². The van der Waals surface area contributed by atoms with Gasteiger partial charge in [-0.25, -0.2) is 0 Å². The third-order valence-corrected chi connectivity index (χ3v) is 4.12. The number of hydrogen-bond donors (Lipinski definition) is 0. The van der Waals surface area contributed by atoms with Gasteiger partial charge in [0.15, 0.2) is 0 Å². The fourth-order valence-corrected chi connectivity index (χ4v) is 3.00. The summed E-state index contributed by atoms with van der Waals surface area (Å²) < 4.78 is 11.8. The third-order valence-electron chi connectivity index (χ3n) is 2.83. The van der Waals surface area contributed by atoms with Gasteiger partial charge in [-0.15, -0.1) is 0 Å². The second-order valence-electron chi connectivity index (χ2n) is 3.97. The van der Waals surface area contributed by atoms with Crippen LogP contribution in [0.5, 0.6) is 0 Å². The highest BCUT2D eigenvalue weighted by atomic mass is 79.9. The van der Waals surface area contributed by atoms with Crippen molar-refractivity contribution < 1.29 is 9.47 Å². The zero-order valence-electron chi connectivity index (χ0n) is 9.38. The second kappa shape index (κ2) is 5.45. The number of rotatable bonds is 3. The van der Waals surface area contributed by atoms with Gasteiger partial charge in [-0.05, 0) is 18.6 Å². The normalized spacial score (nSPS) is 28.6. The molecule has 2 nitrogen and oxygen atoms in total. The molecule has 94 valence electrons. The van der Waals surface area contributed by atoms with Crippen LogP contribution in [0.4, 0.5) is 0 Å². The molecule has 1 aliphatic rings. The summed E-state index contributed by atoms with van der Waals surface area (Å²) >= 11 is 15.5. The Hall–Kier alpha value is 0.200. The SMILES string of the molecule is CC[C@@H]1CO[C@@](CBr)(c2ccc(Cl)cc2Cl)O1. The molecule has 0 aliphatic carbocycles. The van der Waals surface area contributed by atoms with Gasteiger partial charge in [0.2, 0.25) is 5.79 Å². The van der Waals surface area contributed by atoms with Crippen LogP contribution >= 0.6 is 39.1 Å². The molecule has 2 atom stereocenters. The van der Waals surface area contributed by atoms with Crippen molar-refractivity contribution in [1.29, 1.82) is 0 Å². The zero-order valence-corrected chi connectivity index (χ0v) is 12.5. The summed E-state index contributed by atoms with van der Waals surface area (Å²) in [5.41, 5.74) is 0.816. The summed E-state index contributed by atoms with van der Waals surface area (Å²) in [5.74, 6) is -0.789. The molecule has 5 heteroatoms. The average Bonchev–Trinajstić information content (AvgIpc) is 2.74. The number of halogens is 3. The Morgan fingerprint density at radius 3 is 2.76 bits per heavy atom. The monoisotopic (exact) mass is 338 g/mol. The Morgan fingerprint density at radius 2 is 2.24 bits per heavy atom. The summed E-state index contributed by atoms with van der Waals surface area (Å²) in [5, 5.41) is 1.71. The Morgan fingerprint density at radius 1 is 1.47 bits per heavy atom. The first kappa shape index (κ1) is 13.6. The van der Waals surface area contributed by atoms with E-state index in [1.165, 1.54) is 0 Å². The molecule has 2 rings (SSSR count). The number of ether oxygens (including phenoxy) is 2. The van der Waals surface area contributed by atoms with Crippen molar-refractivity contribution in [1.82, 2.24) is 0 Å². The van der Waals surface area contributed by atoms with E-state index in [4.69, 9.17) is 32.7 Å². The number of hydrogen-bond acceptors (Lipinski definition) is 2. The molecule has 0 amide bonds. The summed E-state index contributed by atoms with van der Waals surface area (Å²) in [7, 11) is 0. The predicted molar refractivity (Wildman–Crippen MR) is 73.1 cm³/mol. The summed E-state index contributed by atoms with van der Waals surface area (Å²) in [4.78, 5) is 0. The lowest BCUT2D eigenvalue weighted by molar-refractivity contribution is -0.156. The predicted octanol–water partition coefficient (Wildman–Crippen LogP) is 4.37. The lowest BCUT2D eigenvalue weighted by Crippen LogP contribution is -2.30. The molecule has 17 heavy (non-hydrogen) atoms. The van der Waals surface area contributed by atoms with E-state index in [0.717, 1.165) is 12.0 Å². The van der Waals surface area contributed by atoms with Gasteiger partial charge in [-0.3, -0.25) is 0 Å². The van der Waals surface area contributed by atoms with Crippen LogP contribution in [0.25, 0.3) is 0 Å². The van der Waals surface area contributed by atoms with Crippen LogP contribution in [0.3, 0.4) is 0 Å². The smallest absolute Gasteiger partial charge is 0.206 e. The quantitative estimate of drug-likeness (QED) is 0.761. The van der Waals surface area contributed by atoms with Gasteiger partial charge in [0.1, 0.15) is 0 Å². The minimum atomic E-state index is -0.789. The molecule has 1 aromatic carbocycles. The summed E-state index contributed by atoms with van der Waals surface area (Å²) in [6.07, 6.45) is 1.03. The van der Waals surface area contributed by atoms with Crippen LogP contribution in [0.15, 0.2) is 18.2 Å². The Bertz CT molecular complexity index is 413. The van der Waals surface area contributed by atoms with Crippen molar-refractivity contribution >= 4 is 39.1 Å². The highest BCUT2D eigenvalue weighted by Crippen LogP contribution is 2.40. The van der Waals surface area contributed by atoms with E-state index in [9.17, 15) is 0 Å². The minimum absolute atomic E-state index is 0.110. The highest BCUT2D eigenvalue weighted by Gasteiger charge is 2.43. The van der Waals surface area contributed by atoms with Gasteiger partial charge < -0.3 is 9.47 Å². The van der Waals surface area contributed by atoms with E-state index in [0.29, 0.717) is 22.0 Å². The van der Waals surface area contributed by atoms with E-state index in [1.54, 1.807) is 12.1 Å². The van der Waals surface area contributed by atoms with E-state index in [-0.39, 0.29) is 6.10 Å². The first-order valence-corrected chi connectivity index (χ1v) is 7.32. The van der Waals surface area contributed by atoms with Crippen molar-refractivity contribution in [2.75, 3.05) is 11.9 Å². The maximum Gasteiger partial charge on any atom is 0.206 e. The van der Waals surface area contributed by atoms with Gasteiger partial charge in [0, 0.05) is 10.6 Å². The fraction of sp³-hybridized carbons (Fsp3) is 0.500. The van der Waals surface area contributed by atoms with E-state index >= 15 is 0 Å². The standard InChI is InChI=1S/C12H13BrCl2O2/c1-2-9-6-16-12(7-13,17-9)10-4-3-8(14)5-11(10)15/h3-5,9H,2,6-7H2,1H3/t9-,12-/m1/s1. The Labute approximate surface area is 119 Å². The molecular formula is C12H13BrCl2O2. The molecule has 1 aliphatic heterocycles. The van der Waals surface area contributed by atoms with Gasteiger partial charge >= 0.3 is 0 Å². The molecule has 1 fully saturated rings. The Kier molecular flexibility index (Phi) is 4.37. The molecule has 0 spiro atoms. The first-order valence-electron chi connectivity index (χ1n) is 5.44. The van der Waals surface area contributed by atoms with Crippen LogP contribution in [-0.4, -0.2) is 18.0 Å². The second-order valence-corrected chi connectivity index (χ2v) is 5.37. The van der Waals surface area contributed by atoms with Crippen LogP contribution in [0.2, 0.25) is 10.0 Å². The zero-order chi connectivity index (χ0) is 12.5. The first-order chi connectivity index (χ1) is 8.11. The van der Waals surface area contributed by atoms with Crippen LogP contribution in [0.1, 0.15) is 18.9 Å². The fourth-order valence-electron chi connectivity index (χ4n) is 1.85. The van der Waals surface area contributed by atoms with Gasteiger partial charge in [-0.2, -0.15) is 0 Å². The summed E-state index contributed by atoms with van der Waals surface area (Å²) in [6, 6.07) is 5.35. The van der Waals surface area contributed by atoms with Crippen LogP contribution < -0.4 is 0 Å². The lowest BCUT2D eigenvalue weighted by atomic mass is 10.1. The van der Waals surface area contributed by atoms with Crippen molar-refractivity contribution in [3.05, 3.63) is 33.8 Å². The van der Waals surface area contributed by atoms with E-state index in [2.05, 4.69) is 22.9 Å². The van der Waals surface area contributed by atoms with E-state index in [1.807, 2.05) is 6.07 Å². The lowest BCUT2D eigenvalue weighted by Gasteiger charge is -2.27.